The Morgan fingerprint density at radius 1 is 1.21 bits per heavy atom. The van der Waals surface area contributed by atoms with Crippen molar-refractivity contribution in [3.63, 3.8) is 0 Å². The summed E-state index contributed by atoms with van der Waals surface area (Å²) >= 11 is 0. The van der Waals surface area contributed by atoms with E-state index in [-0.39, 0.29) is 0 Å². The molecule has 3 aromatic rings. The molecule has 1 aromatic carbocycles. The van der Waals surface area contributed by atoms with Crippen molar-refractivity contribution < 1.29 is 0 Å². The zero-order valence-electron chi connectivity index (χ0n) is 14.3. The number of aromatic nitrogens is 4. The largest absolute Gasteiger partial charge is 0.340 e. The molecule has 0 spiro atoms. The van der Waals surface area contributed by atoms with Crippen molar-refractivity contribution >= 4 is 17.3 Å². The van der Waals surface area contributed by atoms with Crippen LogP contribution in [0.5, 0.6) is 0 Å². The third kappa shape index (κ3) is 2.54. The van der Waals surface area contributed by atoms with E-state index in [0.717, 1.165) is 30.8 Å². The Balaban J connectivity index is 1.85. The molecule has 5 heteroatoms. The number of hydrogen-bond acceptors (Lipinski definition) is 4. The molecule has 1 aliphatic carbocycles. The van der Waals surface area contributed by atoms with E-state index in [1.165, 1.54) is 41.6 Å². The lowest BCUT2D eigenvalue weighted by Crippen LogP contribution is -2.11. The molecule has 0 fully saturated rings. The predicted molar refractivity (Wildman–Crippen MR) is 95.9 cm³/mol. The van der Waals surface area contributed by atoms with Crippen LogP contribution in [0.2, 0.25) is 0 Å². The van der Waals surface area contributed by atoms with Crippen molar-refractivity contribution in [3.8, 4) is 0 Å². The molecule has 5 nitrogen and oxygen atoms in total. The summed E-state index contributed by atoms with van der Waals surface area (Å²) < 4.78 is 1.83. The third-order valence-electron chi connectivity index (χ3n) is 4.88. The number of aryl methyl sites for hydroxylation is 2. The summed E-state index contributed by atoms with van der Waals surface area (Å²) in [6.45, 7) is 4.25. The molecular formula is C19H23N5. The Labute approximate surface area is 142 Å². The molecule has 124 valence electrons. The average Bonchev–Trinajstić information content (AvgIpc) is 3.06. The first-order valence-electron chi connectivity index (χ1n) is 8.85. The minimum Gasteiger partial charge on any atom is -0.340 e. The minimum atomic E-state index is 0.652. The van der Waals surface area contributed by atoms with Gasteiger partial charge in [-0.3, -0.25) is 0 Å². The molecule has 1 aliphatic rings. The minimum absolute atomic E-state index is 0.652. The fourth-order valence-electron chi connectivity index (χ4n) is 3.69. The van der Waals surface area contributed by atoms with Crippen molar-refractivity contribution in [2.45, 2.75) is 52.4 Å². The smallest absolute Gasteiger partial charge is 0.254 e. The molecule has 0 bridgehead atoms. The second-order valence-electron chi connectivity index (χ2n) is 6.52. The number of fused-ring (bicyclic) bond motifs is 2. The number of rotatable bonds is 4. The van der Waals surface area contributed by atoms with Crippen molar-refractivity contribution in [3.05, 3.63) is 46.9 Å². The van der Waals surface area contributed by atoms with Crippen LogP contribution in [0.25, 0.3) is 5.78 Å². The lowest BCUT2D eigenvalue weighted by Gasteiger charge is -2.21. The quantitative estimate of drug-likeness (QED) is 0.789. The summed E-state index contributed by atoms with van der Waals surface area (Å²) in [6.07, 6.45) is 8.51. The topological polar surface area (TPSA) is 55.1 Å². The molecule has 4 rings (SSSR count). The molecule has 0 saturated carbocycles. The van der Waals surface area contributed by atoms with Crippen LogP contribution in [0.4, 0.5) is 11.5 Å². The van der Waals surface area contributed by atoms with Crippen LogP contribution in [-0.4, -0.2) is 19.6 Å². The maximum atomic E-state index is 4.59. The first-order chi connectivity index (χ1) is 11.8. The van der Waals surface area contributed by atoms with Crippen LogP contribution in [0.3, 0.4) is 0 Å². The zero-order valence-corrected chi connectivity index (χ0v) is 14.3. The van der Waals surface area contributed by atoms with Crippen LogP contribution in [0.1, 0.15) is 48.6 Å². The maximum absolute atomic E-state index is 4.59. The molecule has 2 aromatic heterocycles. The molecule has 0 saturated heterocycles. The summed E-state index contributed by atoms with van der Waals surface area (Å²) in [4.78, 5) is 8.86. The van der Waals surface area contributed by atoms with Crippen LogP contribution < -0.4 is 5.32 Å². The summed E-state index contributed by atoms with van der Waals surface area (Å²) in [5.41, 5.74) is 6.39. The highest BCUT2D eigenvalue weighted by Crippen LogP contribution is 2.31. The lowest BCUT2D eigenvalue weighted by atomic mass is 9.90. The number of nitrogens with zero attached hydrogens (tertiary/aromatic N) is 4. The fourth-order valence-corrected chi connectivity index (χ4v) is 3.69. The van der Waals surface area contributed by atoms with Gasteiger partial charge in [-0.05, 0) is 56.2 Å². The average molecular weight is 321 g/mol. The molecule has 2 heterocycles. The van der Waals surface area contributed by atoms with Gasteiger partial charge in [-0.15, -0.1) is 0 Å². The highest BCUT2D eigenvalue weighted by molar-refractivity contribution is 5.67. The Kier molecular flexibility index (Phi) is 3.92. The van der Waals surface area contributed by atoms with Crippen molar-refractivity contribution in [1.82, 2.24) is 19.6 Å². The highest BCUT2D eigenvalue weighted by Gasteiger charge is 2.17. The standard InChI is InChI=1S/C19H23N5/c1-3-7-15-13(2)22-19-20-12-21-24(19)18(15)23-17-11-6-9-14-8-4-5-10-16(14)17/h6,9,11-12,23H,3-5,7-8,10H2,1-2H3. The van der Waals surface area contributed by atoms with E-state index in [1.807, 2.05) is 4.52 Å². The molecule has 0 aliphatic heterocycles. The molecular weight excluding hydrogens is 298 g/mol. The zero-order chi connectivity index (χ0) is 16.5. The van der Waals surface area contributed by atoms with Gasteiger partial charge >= 0.3 is 0 Å². The molecule has 0 unspecified atom stereocenters. The van der Waals surface area contributed by atoms with Gasteiger partial charge in [0.2, 0.25) is 0 Å². The number of benzene rings is 1. The normalized spacial score (nSPS) is 13.9. The van der Waals surface area contributed by atoms with Gasteiger partial charge in [0.05, 0.1) is 0 Å². The second-order valence-corrected chi connectivity index (χ2v) is 6.52. The molecule has 24 heavy (non-hydrogen) atoms. The number of anilines is 2. The fraction of sp³-hybridized carbons (Fsp3) is 0.421. The van der Waals surface area contributed by atoms with Gasteiger partial charge in [-0.25, -0.2) is 4.98 Å². The van der Waals surface area contributed by atoms with Crippen LogP contribution in [0, 0.1) is 6.92 Å². The van der Waals surface area contributed by atoms with Crippen LogP contribution in [-0.2, 0) is 19.3 Å². The predicted octanol–water partition coefficient (Wildman–Crippen LogP) is 4.01. The van der Waals surface area contributed by atoms with Crippen LogP contribution >= 0.6 is 0 Å². The van der Waals surface area contributed by atoms with Crippen molar-refractivity contribution in [2.75, 3.05) is 5.32 Å². The van der Waals surface area contributed by atoms with Crippen molar-refractivity contribution in [1.29, 1.82) is 0 Å². The van der Waals surface area contributed by atoms with E-state index in [9.17, 15) is 0 Å². The van der Waals surface area contributed by atoms with Gasteiger partial charge < -0.3 is 5.32 Å². The van der Waals surface area contributed by atoms with Crippen LogP contribution in [0.15, 0.2) is 24.5 Å². The Bertz CT molecular complexity index is 881. The first-order valence-corrected chi connectivity index (χ1v) is 8.85. The second kappa shape index (κ2) is 6.23. The lowest BCUT2D eigenvalue weighted by molar-refractivity contribution is 0.687. The highest BCUT2D eigenvalue weighted by atomic mass is 15.4. The van der Waals surface area contributed by atoms with E-state index in [2.05, 4.69) is 52.4 Å². The van der Waals surface area contributed by atoms with E-state index in [0.29, 0.717) is 5.78 Å². The molecule has 0 amide bonds. The summed E-state index contributed by atoms with van der Waals surface area (Å²) in [7, 11) is 0. The monoisotopic (exact) mass is 321 g/mol. The van der Waals surface area contributed by atoms with Gasteiger partial charge in [0.15, 0.2) is 0 Å². The van der Waals surface area contributed by atoms with E-state index < -0.39 is 0 Å². The molecule has 1 N–H and O–H groups in total. The van der Waals surface area contributed by atoms with E-state index >= 15 is 0 Å². The first kappa shape index (κ1) is 15.1. The molecule has 0 radical (unpaired) electrons. The molecule has 0 atom stereocenters. The number of hydrogen-bond donors (Lipinski definition) is 1. The Morgan fingerprint density at radius 3 is 2.96 bits per heavy atom. The van der Waals surface area contributed by atoms with Crippen molar-refractivity contribution in [2.24, 2.45) is 0 Å². The van der Waals surface area contributed by atoms with Gasteiger partial charge in [0.25, 0.3) is 5.78 Å². The van der Waals surface area contributed by atoms with E-state index in [1.54, 1.807) is 6.33 Å². The van der Waals surface area contributed by atoms with Gasteiger partial charge in [0.1, 0.15) is 12.1 Å². The third-order valence-corrected chi connectivity index (χ3v) is 4.88. The summed E-state index contributed by atoms with van der Waals surface area (Å²) in [5.74, 6) is 1.66. The summed E-state index contributed by atoms with van der Waals surface area (Å²) in [5, 5.41) is 8.07. The summed E-state index contributed by atoms with van der Waals surface area (Å²) in [6, 6.07) is 6.59. The SMILES string of the molecule is CCCc1c(C)nc2ncnn2c1Nc1cccc2c1CCCC2. The Morgan fingerprint density at radius 2 is 2.08 bits per heavy atom. The number of nitrogens with one attached hydrogen (secondary N) is 1. The van der Waals surface area contributed by atoms with Gasteiger partial charge in [0, 0.05) is 16.9 Å². The maximum Gasteiger partial charge on any atom is 0.254 e. The van der Waals surface area contributed by atoms with Gasteiger partial charge in [-0.2, -0.15) is 14.6 Å². The van der Waals surface area contributed by atoms with E-state index in [4.69, 9.17) is 0 Å². The van der Waals surface area contributed by atoms with Gasteiger partial charge in [-0.1, -0.05) is 25.5 Å². The Hall–Kier alpha value is -2.43.